The fraction of sp³-hybridized carbons (Fsp3) is 0.350. The highest BCUT2D eigenvalue weighted by Crippen LogP contribution is 2.32. The first-order valence-electron chi connectivity index (χ1n) is 8.75. The molecule has 2 amide bonds. The van der Waals surface area contributed by atoms with Crippen LogP contribution in [0.3, 0.4) is 0 Å². The lowest BCUT2D eigenvalue weighted by atomic mass is 10.0. The van der Waals surface area contributed by atoms with Crippen molar-refractivity contribution in [2.45, 2.75) is 26.3 Å². The number of ether oxygens (including phenoxy) is 3. The fourth-order valence-corrected chi connectivity index (χ4v) is 2.59. The third-order valence-corrected chi connectivity index (χ3v) is 4.07. The van der Waals surface area contributed by atoms with Crippen LogP contribution < -0.4 is 24.8 Å². The average Bonchev–Trinajstić information content (AvgIpc) is 3.11. The Morgan fingerprint density at radius 1 is 1.12 bits per heavy atom. The summed E-state index contributed by atoms with van der Waals surface area (Å²) in [6, 6.07) is 13.4. The van der Waals surface area contributed by atoms with Crippen LogP contribution in [0.15, 0.2) is 42.5 Å². The molecule has 0 saturated heterocycles. The molecular weight excluding hydrogens is 332 g/mol. The summed E-state index contributed by atoms with van der Waals surface area (Å²) >= 11 is 0. The van der Waals surface area contributed by atoms with Crippen LogP contribution >= 0.6 is 0 Å². The number of rotatable bonds is 7. The van der Waals surface area contributed by atoms with Gasteiger partial charge in [0.2, 0.25) is 6.79 Å². The molecule has 2 aromatic carbocycles. The molecule has 1 aliphatic rings. The van der Waals surface area contributed by atoms with Gasteiger partial charge in [-0.1, -0.05) is 32.0 Å². The molecule has 0 unspecified atom stereocenters. The molecule has 1 heterocycles. The van der Waals surface area contributed by atoms with Crippen LogP contribution in [-0.2, 0) is 6.54 Å². The normalized spacial score (nSPS) is 12.1. The Balaban J connectivity index is 1.36. The van der Waals surface area contributed by atoms with E-state index in [1.54, 1.807) is 0 Å². The number of fused-ring (bicyclic) bond motifs is 1. The van der Waals surface area contributed by atoms with Gasteiger partial charge in [0, 0.05) is 6.54 Å². The zero-order chi connectivity index (χ0) is 18.4. The van der Waals surface area contributed by atoms with E-state index in [0.29, 0.717) is 31.4 Å². The van der Waals surface area contributed by atoms with Crippen molar-refractivity contribution in [1.29, 1.82) is 0 Å². The number of urea groups is 1. The highest BCUT2D eigenvalue weighted by Gasteiger charge is 2.13. The number of benzene rings is 2. The highest BCUT2D eigenvalue weighted by molar-refractivity contribution is 5.73. The highest BCUT2D eigenvalue weighted by atomic mass is 16.7. The topological polar surface area (TPSA) is 68.8 Å². The molecule has 1 aliphatic heterocycles. The standard InChI is InChI=1S/C20H24N2O4/c1-14(2)16-4-3-5-17(11-16)24-9-8-21-20(23)22-12-15-6-7-18-19(10-15)26-13-25-18/h3-7,10-11,14H,8-9,12-13H2,1-2H3,(H2,21,22,23). The van der Waals surface area contributed by atoms with Gasteiger partial charge in [-0.05, 0) is 41.3 Å². The summed E-state index contributed by atoms with van der Waals surface area (Å²) in [6.07, 6.45) is 0. The monoisotopic (exact) mass is 356 g/mol. The Morgan fingerprint density at radius 3 is 2.81 bits per heavy atom. The van der Waals surface area contributed by atoms with Gasteiger partial charge in [-0.2, -0.15) is 0 Å². The van der Waals surface area contributed by atoms with E-state index in [4.69, 9.17) is 14.2 Å². The van der Waals surface area contributed by atoms with Crippen molar-refractivity contribution >= 4 is 6.03 Å². The Labute approximate surface area is 153 Å². The third-order valence-electron chi connectivity index (χ3n) is 4.07. The second-order valence-corrected chi connectivity index (χ2v) is 6.37. The molecule has 0 radical (unpaired) electrons. The van der Waals surface area contributed by atoms with Crippen molar-refractivity contribution < 1.29 is 19.0 Å². The first-order chi connectivity index (χ1) is 12.6. The van der Waals surface area contributed by atoms with Crippen molar-refractivity contribution in [1.82, 2.24) is 10.6 Å². The largest absolute Gasteiger partial charge is 0.492 e. The summed E-state index contributed by atoms with van der Waals surface area (Å²) in [6.45, 7) is 5.79. The number of carbonyl (C=O) groups excluding carboxylic acids is 1. The lowest BCUT2D eigenvalue weighted by Gasteiger charge is -2.11. The third kappa shape index (κ3) is 4.81. The summed E-state index contributed by atoms with van der Waals surface area (Å²) in [5, 5.41) is 5.59. The van der Waals surface area contributed by atoms with E-state index >= 15 is 0 Å². The van der Waals surface area contributed by atoms with Gasteiger partial charge in [0.1, 0.15) is 12.4 Å². The summed E-state index contributed by atoms with van der Waals surface area (Å²) in [7, 11) is 0. The van der Waals surface area contributed by atoms with E-state index in [-0.39, 0.29) is 12.8 Å². The maximum Gasteiger partial charge on any atom is 0.315 e. The van der Waals surface area contributed by atoms with Crippen LogP contribution in [0.1, 0.15) is 30.9 Å². The molecule has 2 aromatic rings. The zero-order valence-corrected chi connectivity index (χ0v) is 15.1. The smallest absolute Gasteiger partial charge is 0.315 e. The van der Waals surface area contributed by atoms with Crippen LogP contribution in [0.4, 0.5) is 4.79 Å². The van der Waals surface area contributed by atoms with Gasteiger partial charge in [0.05, 0.1) is 6.54 Å². The lowest BCUT2D eigenvalue weighted by Crippen LogP contribution is -2.37. The molecule has 6 nitrogen and oxygen atoms in total. The van der Waals surface area contributed by atoms with Gasteiger partial charge in [-0.25, -0.2) is 4.79 Å². The summed E-state index contributed by atoms with van der Waals surface area (Å²) in [4.78, 5) is 11.9. The van der Waals surface area contributed by atoms with Crippen LogP contribution in [0.25, 0.3) is 0 Å². The predicted molar refractivity (Wildman–Crippen MR) is 98.8 cm³/mol. The zero-order valence-electron chi connectivity index (χ0n) is 15.1. The molecule has 6 heteroatoms. The van der Waals surface area contributed by atoms with Crippen LogP contribution in [-0.4, -0.2) is 26.0 Å². The lowest BCUT2D eigenvalue weighted by molar-refractivity contribution is 0.174. The molecule has 138 valence electrons. The summed E-state index contributed by atoms with van der Waals surface area (Å²) < 4.78 is 16.3. The molecule has 0 fully saturated rings. The summed E-state index contributed by atoms with van der Waals surface area (Å²) in [5.41, 5.74) is 2.18. The molecule has 0 spiro atoms. The Hall–Kier alpha value is -2.89. The van der Waals surface area contributed by atoms with Gasteiger partial charge in [0.15, 0.2) is 11.5 Å². The number of carbonyl (C=O) groups is 1. The first kappa shape index (κ1) is 17.9. The number of amides is 2. The molecule has 0 aromatic heterocycles. The van der Waals surface area contributed by atoms with E-state index in [1.165, 1.54) is 5.56 Å². The number of hydrogen-bond donors (Lipinski definition) is 2. The van der Waals surface area contributed by atoms with Crippen molar-refractivity contribution in [3.63, 3.8) is 0 Å². The van der Waals surface area contributed by atoms with Crippen LogP contribution in [0.5, 0.6) is 17.2 Å². The van der Waals surface area contributed by atoms with Crippen LogP contribution in [0, 0.1) is 0 Å². The van der Waals surface area contributed by atoms with Gasteiger partial charge in [-0.15, -0.1) is 0 Å². The fourth-order valence-electron chi connectivity index (χ4n) is 2.59. The SMILES string of the molecule is CC(C)c1cccc(OCCNC(=O)NCc2ccc3c(c2)OCO3)c1. The number of hydrogen-bond acceptors (Lipinski definition) is 4. The molecular formula is C20H24N2O4. The van der Waals surface area contributed by atoms with E-state index in [2.05, 4.69) is 30.5 Å². The molecule has 26 heavy (non-hydrogen) atoms. The van der Waals surface area contributed by atoms with Crippen LogP contribution in [0.2, 0.25) is 0 Å². The molecule has 3 rings (SSSR count). The Kier molecular flexibility index (Phi) is 5.84. The van der Waals surface area contributed by atoms with E-state index < -0.39 is 0 Å². The van der Waals surface area contributed by atoms with Gasteiger partial charge in [0.25, 0.3) is 0 Å². The van der Waals surface area contributed by atoms with Crippen molar-refractivity contribution in [2.75, 3.05) is 19.9 Å². The average molecular weight is 356 g/mol. The molecule has 0 saturated carbocycles. The minimum Gasteiger partial charge on any atom is -0.492 e. The second-order valence-electron chi connectivity index (χ2n) is 6.37. The maximum atomic E-state index is 11.9. The molecule has 0 atom stereocenters. The minimum absolute atomic E-state index is 0.234. The van der Waals surface area contributed by atoms with E-state index in [1.807, 2.05) is 36.4 Å². The second kappa shape index (κ2) is 8.47. The first-order valence-corrected chi connectivity index (χ1v) is 8.75. The van der Waals surface area contributed by atoms with Gasteiger partial charge < -0.3 is 24.8 Å². The van der Waals surface area contributed by atoms with Crippen molar-refractivity contribution in [3.05, 3.63) is 53.6 Å². The predicted octanol–water partition coefficient (Wildman–Crippen LogP) is 3.42. The quantitative estimate of drug-likeness (QED) is 0.746. The summed E-state index contributed by atoms with van der Waals surface area (Å²) in [5.74, 6) is 2.72. The van der Waals surface area contributed by atoms with E-state index in [9.17, 15) is 4.79 Å². The molecule has 2 N–H and O–H groups in total. The molecule has 0 bridgehead atoms. The van der Waals surface area contributed by atoms with Gasteiger partial charge >= 0.3 is 6.03 Å². The molecule has 0 aliphatic carbocycles. The maximum absolute atomic E-state index is 11.9. The number of nitrogens with one attached hydrogen (secondary N) is 2. The van der Waals surface area contributed by atoms with Crippen molar-refractivity contribution in [2.24, 2.45) is 0 Å². The van der Waals surface area contributed by atoms with Gasteiger partial charge in [-0.3, -0.25) is 0 Å². The van der Waals surface area contributed by atoms with Crippen molar-refractivity contribution in [3.8, 4) is 17.2 Å². The Morgan fingerprint density at radius 2 is 1.96 bits per heavy atom. The Bertz CT molecular complexity index is 761. The minimum atomic E-state index is -0.234. The van der Waals surface area contributed by atoms with E-state index in [0.717, 1.165) is 17.1 Å².